The molecule has 0 aliphatic rings. The fourth-order valence-corrected chi connectivity index (χ4v) is 0.943. The summed E-state index contributed by atoms with van der Waals surface area (Å²) in [7, 11) is 0. The molecule has 80 valence electrons. The van der Waals surface area contributed by atoms with Gasteiger partial charge < -0.3 is 9.47 Å². The molecule has 1 atom stereocenters. The van der Waals surface area contributed by atoms with E-state index < -0.39 is 0 Å². The number of hydrogen-bond donors (Lipinski definition) is 0. The number of ether oxygens (including phenoxy) is 2. The van der Waals surface area contributed by atoms with Crippen molar-refractivity contribution in [1.29, 1.82) is 0 Å². The monoisotopic (exact) mass is 188 g/mol. The highest BCUT2D eigenvalue weighted by Gasteiger charge is 2.06. The molecule has 13 heavy (non-hydrogen) atoms. The van der Waals surface area contributed by atoms with Gasteiger partial charge in [-0.15, -0.1) is 0 Å². The van der Waals surface area contributed by atoms with Gasteiger partial charge in [-0.3, -0.25) is 0 Å². The first-order valence-corrected chi connectivity index (χ1v) is 5.43. The molecule has 0 rings (SSSR count). The van der Waals surface area contributed by atoms with Crippen LogP contribution in [-0.2, 0) is 9.47 Å². The van der Waals surface area contributed by atoms with Crippen LogP contribution in [0.15, 0.2) is 0 Å². The van der Waals surface area contributed by atoms with Crippen molar-refractivity contribution in [1.82, 2.24) is 0 Å². The van der Waals surface area contributed by atoms with Crippen molar-refractivity contribution in [3.63, 3.8) is 0 Å². The lowest BCUT2D eigenvalue weighted by Gasteiger charge is -2.17. The minimum Gasteiger partial charge on any atom is -0.353 e. The number of hydrogen-bond acceptors (Lipinski definition) is 2. The summed E-state index contributed by atoms with van der Waals surface area (Å²) < 4.78 is 11.1. The first-order valence-electron chi connectivity index (χ1n) is 5.43. The summed E-state index contributed by atoms with van der Waals surface area (Å²) >= 11 is 0. The number of rotatable bonds is 8. The molecule has 0 spiro atoms. The van der Waals surface area contributed by atoms with E-state index in [0.717, 1.165) is 26.1 Å². The van der Waals surface area contributed by atoms with Crippen LogP contribution in [0.25, 0.3) is 0 Å². The van der Waals surface area contributed by atoms with E-state index in [0.29, 0.717) is 5.92 Å². The van der Waals surface area contributed by atoms with Crippen molar-refractivity contribution in [2.45, 2.75) is 53.2 Å². The van der Waals surface area contributed by atoms with Gasteiger partial charge in [0.05, 0.1) is 6.61 Å². The van der Waals surface area contributed by atoms with E-state index in [4.69, 9.17) is 9.47 Å². The Hall–Kier alpha value is -0.0800. The van der Waals surface area contributed by atoms with E-state index in [1.165, 1.54) is 6.42 Å². The highest BCUT2D eigenvalue weighted by molar-refractivity contribution is 4.45. The molecule has 0 radical (unpaired) electrons. The van der Waals surface area contributed by atoms with Crippen LogP contribution in [0.5, 0.6) is 0 Å². The lowest BCUT2D eigenvalue weighted by Crippen LogP contribution is -2.19. The quantitative estimate of drug-likeness (QED) is 0.430. The Bertz CT molecular complexity index is 102. The van der Waals surface area contributed by atoms with E-state index in [-0.39, 0.29) is 6.29 Å². The van der Waals surface area contributed by atoms with Crippen LogP contribution < -0.4 is 0 Å². The Balaban J connectivity index is 3.39. The molecular formula is C11H24O2. The number of unbranched alkanes of at least 4 members (excludes halogenated alkanes) is 1. The molecule has 0 aliphatic heterocycles. The first kappa shape index (κ1) is 12.9. The van der Waals surface area contributed by atoms with Crippen molar-refractivity contribution in [2.24, 2.45) is 5.92 Å². The lowest BCUT2D eigenvalue weighted by atomic mass is 10.2. The molecule has 0 aromatic rings. The highest BCUT2D eigenvalue weighted by atomic mass is 16.7. The van der Waals surface area contributed by atoms with Crippen LogP contribution in [0, 0.1) is 5.92 Å². The molecule has 2 nitrogen and oxygen atoms in total. The molecule has 1 unspecified atom stereocenters. The normalized spacial score (nSPS) is 13.6. The summed E-state index contributed by atoms with van der Waals surface area (Å²) in [6, 6.07) is 0. The van der Waals surface area contributed by atoms with Gasteiger partial charge in [0.25, 0.3) is 0 Å². The third-order valence-electron chi connectivity index (χ3n) is 1.75. The average Bonchev–Trinajstić information content (AvgIpc) is 2.10. The molecule has 0 saturated carbocycles. The molecule has 0 N–H and O–H groups in total. The van der Waals surface area contributed by atoms with Gasteiger partial charge >= 0.3 is 0 Å². The minimum atomic E-state index is 0.00829. The lowest BCUT2D eigenvalue weighted by molar-refractivity contribution is -0.149. The molecule has 0 aromatic heterocycles. The molecule has 0 bridgehead atoms. The third-order valence-corrected chi connectivity index (χ3v) is 1.75. The van der Waals surface area contributed by atoms with Crippen LogP contribution in [0.4, 0.5) is 0 Å². The molecular weight excluding hydrogens is 164 g/mol. The van der Waals surface area contributed by atoms with E-state index >= 15 is 0 Å². The standard InChI is InChI=1S/C11H24O2/c1-5-7-8-12-11(6-2)13-9-10(3)4/h10-11H,5-9H2,1-4H3. The SMILES string of the molecule is CCCCOC(CC)OCC(C)C. The summed E-state index contributed by atoms with van der Waals surface area (Å²) in [4.78, 5) is 0. The first-order chi connectivity index (χ1) is 6.20. The van der Waals surface area contributed by atoms with Gasteiger partial charge in [-0.05, 0) is 18.8 Å². The summed E-state index contributed by atoms with van der Waals surface area (Å²) in [5.41, 5.74) is 0. The van der Waals surface area contributed by atoms with Crippen molar-refractivity contribution in [2.75, 3.05) is 13.2 Å². The van der Waals surface area contributed by atoms with E-state index in [1.807, 2.05) is 0 Å². The average molecular weight is 188 g/mol. The van der Waals surface area contributed by atoms with E-state index in [2.05, 4.69) is 27.7 Å². The van der Waals surface area contributed by atoms with Gasteiger partial charge in [0.1, 0.15) is 0 Å². The van der Waals surface area contributed by atoms with Gasteiger partial charge in [0.2, 0.25) is 0 Å². The van der Waals surface area contributed by atoms with Crippen LogP contribution >= 0.6 is 0 Å². The maximum Gasteiger partial charge on any atom is 0.157 e. The van der Waals surface area contributed by atoms with Gasteiger partial charge in [0.15, 0.2) is 6.29 Å². The summed E-state index contributed by atoms with van der Waals surface area (Å²) in [6.45, 7) is 10.2. The second-order valence-corrected chi connectivity index (χ2v) is 3.79. The second kappa shape index (κ2) is 8.52. The van der Waals surface area contributed by atoms with E-state index in [9.17, 15) is 0 Å². The highest BCUT2D eigenvalue weighted by Crippen LogP contribution is 2.04. The fraction of sp³-hybridized carbons (Fsp3) is 1.00. The summed E-state index contributed by atoms with van der Waals surface area (Å²) in [6.07, 6.45) is 3.26. The molecule has 0 saturated heterocycles. The molecule has 0 heterocycles. The Morgan fingerprint density at radius 1 is 1.08 bits per heavy atom. The minimum absolute atomic E-state index is 0.00829. The molecule has 0 aromatic carbocycles. The summed E-state index contributed by atoms with van der Waals surface area (Å²) in [5.74, 6) is 0.587. The third kappa shape index (κ3) is 8.26. The Labute approximate surface area is 82.6 Å². The smallest absolute Gasteiger partial charge is 0.157 e. The van der Waals surface area contributed by atoms with Crippen molar-refractivity contribution in [3.05, 3.63) is 0 Å². The molecule has 2 heteroatoms. The molecule has 0 fully saturated rings. The Kier molecular flexibility index (Phi) is 8.46. The van der Waals surface area contributed by atoms with Gasteiger partial charge in [-0.1, -0.05) is 34.1 Å². The van der Waals surface area contributed by atoms with Crippen molar-refractivity contribution >= 4 is 0 Å². The maximum atomic E-state index is 5.58. The maximum absolute atomic E-state index is 5.58. The topological polar surface area (TPSA) is 18.5 Å². The Morgan fingerprint density at radius 2 is 1.77 bits per heavy atom. The van der Waals surface area contributed by atoms with Crippen LogP contribution in [-0.4, -0.2) is 19.5 Å². The van der Waals surface area contributed by atoms with Crippen LogP contribution in [0.1, 0.15) is 47.0 Å². The summed E-state index contributed by atoms with van der Waals surface area (Å²) in [5, 5.41) is 0. The van der Waals surface area contributed by atoms with Gasteiger partial charge in [-0.25, -0.2) is 0 Å². The van der Waals surface area contributed by atoms with Crippen LogP contribution in [0.2, 0.25) is 0 Å². The Morgan fingerprint density at radius 3 is 2.23 bits per heavy atom. The van der Waals surface area contributed by atoms with E-state index in [1.54, 1.807) is 0 Å². The predicted molar refractivity (Wildman–Crippen MR) is 55.7 cm³/mol. The molecule has 0 amide bonds. The molecule has 0 aliphatic carbocycles. The van der Waals surface area contributed by atoms with Crippen molar-refractivity contribution < 1.29 is 9.47 Å². The van der Waals surface area contributed by atoms with Gasteiger partial charge in [0, 0.05) is 6.61 Å². The van der Waals surface area contributed by atoms with Crippen molar-refractivity contribution in [3.8, 4) is 0 Å². The largest absolute Gasteiger partial charge is 0.353 e. The van der Waals surface area contributed by atoms with Crippen LogP contribution in [0.3, 0.4) is 0 Å². The zero-order valence-electron chi connectivity index (χ0n) is 9.51. The zero-order chi connectivity index (χ0) is 10.1. The van der Waals surface area contributed by atoms with Gasteiger partial charge in [-0.2, -0.15) is 0 Å². The second-order valence-electron chi connectivity index (χ2n) is 3.79. The predicted octanol–water partition coefficient (Wildman–Crippen LogP) is 3.21. The zero-order valence-corrected chi connectivity index (χ0v) is 9.51. The fourth-order valence-electron chi connectivity index (χ4n) is 0.943.